The summed E-state index contributed by atoms with van der Waals surface area (Å²) in [4.78, 5) is 26.9. The first-order valence-corrected chi connectivity index (χ1v) is 10.3. The first kappa shape index (κ1) is 21.2. The van der Waals surface area contributed by atoms with E-state index in [1.165, 1.54) is 24.3 Å². The van der Waals surface area contributed by atoms with Gasteiger partial charge in [-0.25, -0.2) is 13.2 Å². The van der Waals surface area contributed by atoms with Crippen LogP contribution in [0.1, 0.15) is 37.7 Å². The summed E-state index contributed by atoms with van der Waals surface area (Å²) in [7, 11) is 0. The van der Waals surface area contributed by atoms with Crippen LogP contribution in [0.4, 0.5) is 13.2 Å². The Hall–Kier alpha value is -3.03. The zero-order valence-electron chi connectivity index (χ0n) is 16.9. The van der Waals surface area contributed by atoms with Gasteiger partial charge < -0.3 is 15.0 Å². The summed E-state index contributed by atoms with van der Waals surface area (Å²) in [6, 6.07) is 8.55. The molecule has 0 radical (unpaired) electrons. The summed E-state index contributed by atoms with van der Waals surface area (Å²) >= 11 is 0. The predicted molar refractivity (Wildman–Crippen MR) is 107 cm³/mol. The first-order chi connectivity index (χ1) is 14.9. The molecule has 1 saturated carbocycles. The lowest BCUT2D eigenvalue weighted by molar-refractivity contribution is -0.187. The number of carbonyl (C=O) groups excluding carboxylic acids is 2. The van der Waals surface area contributed by atoms with Crippen molar-refractivity contribution in [3.63, 3.8) is 0 Å². The van der Waals surface area contributed by atoms with E-state index in [0.29, 0.717) is 24.2 Å². The van der Waals surface area contributed by atoms with Crippen LogP contribution in [0.15, 0.2) is 42.5 Å². The van der Waals surface area contributed by atoms with E-state index < -0.39 is 35.0 Å². The molecule has 31 heavy (non-hydrogen) atoms. The maximum absolute atomic E-state index is 13.3. The highest BCUT2D eigenvalue weighted by Gasteiger charge is 2.62. The van der Waals surface area contributed by atoms with Gasteiger partial charge >= 0.3 is 0 Å². The van der Waals surface area contributed by atoms with Crippen molar-refractivity contribution in [3.05, 3.63) is 65.5 Å². The maximum atomic E-state index is 13.3. The highest BCUT2D eigenvalue weighted by Crippen LogP contribution is 2.45. The van der Waals surface area contributed by atoms with Crippen LogP contribution in [-0.4, -0.2) is 34.9 Å². The van der Waals surface area contributed by atoms with Gasteiger partial charge in [0.1, 0.15) is 29.7 Å². The normalized spacial score (nSPS) is 19.8. The topological polar surface area (TPSA) is 58.6 Å². The summed E-state index contributed by atoms with van der Waals surface area (Å²) in [5.74, 6) is -2.13. The average molecular weight is 432 g/mol. The molecular weight excluding hydrogens is 409 g/mol. The molecule has 0 bridgehead atoms. The van der Waals surface area contributed by atoms with Crippen LogP contribution in [-0.2, 0) is 16.1 Å². The molecule has 1 unspecified atom stereocenters. The molecule has 2 fully saturated rings. The van der Waals surface area contributed by atoms with Crippen LogP contribution < -0.4 is 10.1 Å². The van der Waals surface area contributed by atoms with Gasteiger partial charge in [-0.15, -0.1) is 0 Å². The minimum atomic E-state index is -0.719. The molecule has 1 saturated heterocycles. The second-order valence-corrected chi connectivity index (χ2v) is 8.09. The molecule has 5 nitrogen and oxygen atoms in total. The van der Waals surface area contributed by atoms with Crippen molar-refractivity contribution in [1.82, 2.24) is 10.2 Å². The van der Waals surface area contributed by atoms with Gasteiger partial charge in [0.15, 0.2) is 6.10 Å². The molecule has 2 aromatic rings. The minimum Gasteiger partial charge on any atom is -0.478 e. The van der Waals surface area contributed by atoms with E-state index in [1.807, 2.05) is 0 Å². The van der Waals surface area contributed by atoms with E-state index in [9.17, 15) is 22.8 Å². The predicted octanol–water partition coefficient (Wildman–Crippen LogP) is 3.71. The molecule has 2 aliphatic rings. The van der Waals surface area contributed by atoms with Crippen molar-refractivity contribution < 1.29 is 27.5 Å². The van der Waals surface area contributed by atoms with E-state index in [2.05, 4.69) is 5.32 Å². The van der Waals surface area contributed by atoms with Gasteiger partial charge in [0, 0.05) is 12.6 Å². The number of halogens is 3. The number of benzene rings is 2. The third-order valence-corrected chi connectivity index (χ3v) is 6.02. The molecule has 8 heteroatoms. The second kappa shape index (κ2) is 8.61. The number of rotatable bonds is 6. The van der Waals surface area contributed by atoms with Gasteiger partial charge in [-0.2, -0.15) is 0 Å². The van der Waals surface area contributed by atoms with Crippen LogP contribution in [0.25, 0.3) is 0 Å². The first-order valence-electron chi connectivity index (χ1n) is 10.3. The lowest BCUT2D eigenvalue weighted by Crippen LogP contribution is -2.77. The summed E-state index contributed by atoms with van der Waals surface area (Å²) in [5, 5.41) is 2.62. The third-order valence-electron chi connectivity index (χ3n) is 6.02. The summed E-state index contributed by atoms with van der Waals surface area (Å²) in [6.07, 6.45) is 3.59. The fourth-order valence-corrected chi connectivity index (χ4v) is 4.52. The van der Waals surface area contributed by atoms with Crippen LogP contribution in [0.3, 0.4) is 0 Å². The molecule has 0 aromatic heterocycles. The number of nitrogens with one attached hydrogen (secondary N) is 1. The third kappa shape index (κ3) is 4.38. The molecule has 1 spiro atoms. The quantitative estimate of drug-likeness (QED) is 0.708. The Bertz CT molecular complexity index is 954. The zero-order chi connectivity index (χ0) is 22.0. The Labute approximate surface area is 178 Å². The smallest absolute Gasteiger partial charge is 0.267 e. The van der Waals surface area contributed by atoms with Gasteiger partial charge in [0.2, 0.25) is 5.91 Å². The van der Waals surface area contributed by atoms with E-state index in [0.717, 1.165) is 37.5 Å². The van der Waals surface area contributed by atoms with Gasteiger partial charge in [-0.05, 0) is 54.8 Å². The van der Waals surface area contributed by atoms with Gasteiger partial charge in [-0.1, -0.05) is 19.3 Å². The minimum absolute atomic E-state index is 0.0436. The standard InChI is InChI=1S/C23H23F3N2O3/c24-16-4-6-19(7-5-16)31-21-22(30)28(23(21)8-2-1-3-9-23)14-20(29)27-13-15-10-17(25)12-18(26)11-15/h4-7,10-12,21H,1-3,8-9,13-14H2,(H,27,29). The van der Waals surface area contributed by atoms with Crippen molar-refractivity contribution in [1.29, 1.82) is 0 Å². The number of nitrogens with zero attached hydrogens (tertiary/aromatic N) is 1. The Kier molecular flexibility index (Phi) is 5.89. The summed E-state index contributed by atoms with van der Waals surface area (Å²) in [5.41, 5.74) is -0.280. The Morgan fingerprint density at radius 2 is 1.65 bits per heavy atom. The van der Waals surface area contributed by atoms with Crippen molar-refractivity contribution in [3.8, 4) is 5.75 Å². The van der Waals surface area contributed by atoms with Crippen molar-refractivity contribution >= 4 is 11.8 Å². The number of β-lactam (4-membered cyclic amide) rings is 1. The number of likely N-dealkylation sites (tertiary alicyclic amines) is 1. The molecule has 2 amide bonds. The van der Waals surface area contributed by atoms with E-state index >= 15 is 0 Å². The van der Waals surface area contributed by atoms with Crippen LogP contribution >= 0.6 is 0 Å². The van der Waals surface area contributed by atoms with E-state index in [4.69, 9.17) is 4.74 Å². The lowest BCUT2D eigenvalue weighted by atomic mass is 9.70. The molecule has 1 N–H and O–H groups in total. The lowest BCUT2D eigenvalue weighted by Gasteiger charge is -2.58. The summed E-state index contributed by atoms with van der Waals surface area (Å²) in [6.45, 7) is -0.196. The van der Waals surface area contributed by atoms with Crippen molar-refractivity contribution in [2.45, 2.75) is 50.3 Å². The number of hydrogen-bond acceptors (Lipinski definition) is 3. The molecule has 2 aromatic carbocycles. The largest absolute Gasteiger partial charge is 0.478 e. The monoisotopic (exact) mass is 432 g/mol. The summed E-state index contributed by atoms with van der Waals surface area (Å²) < 4.78 is 45.7. The highest BCUT2D eigenvalue weighted by atomic mass is 19.1. The molecule has 1 aliphatic carbocycles. The SMILES string of the molecule is O=C(CN1C(=O)C(Oc2ccc(F)cc2)C12CCCCC2)NCc1cc(F)cc(F)c1. The fraction of sp³-hybridized carbons (Fsp3) is 0.391. The average Bonchev–Trinajstić information content (AvgIpc) is 2.75. The molecule has 1 heterocycles. The zero-order valence-corrected chi connectivity index (χ0v) is 16.9. The molecular formula is C23H23F3N2O3. The van der Waals surface area contributed by atoms with Crippen LogP contribution in [0.5, 0.6) is 5.75 Å². The highest BCUT2D eigenvalue weighted by molar-refractivity contribution is 5.94. The van der Waals surface area contributed by atoms with E-state index in [-0.39, 0.29) is 19.0 Å². The number of hydrogen-bond donors (Lipinski definition) is 1. The van der Waals surface area contributed by atoms with E-state index in [1.54, 1.807) is 4.90 Å². The van der Waals surface area contributed by atoms with Crippen molar-refractivity contribution in [2.75, 3.05) is 6.54 Å². The molecule has 4 rings (SSSR count). The maximum Gasteiger partial charge on any atom is 0.267 e. The number of amides is 2. The molecule has 1 aliphatic heterocycles. The van der Waals surface area contributed by atoms with Gasteiger partial charge in [0.05, 0.1) is 5.54 Å². The fourth-order valence-electron chi connectivity index (χ4n) is 4.52. The van der Waals surface area contributed by atoms with Crippen LogP contribution in [0.2, 0.25) is 0 Å². The molecule has 1 atom stereocenters. The van der Waals surface area contributed by atoms with Gasteiger partial charge in [-0.3, -0.25) is 9.59 Å². The second-order valence-electron chi connectivity index (χ2n) is 8.09. The molecule has 164 valence electrons. The van der Waals surface area contributed by atoms with Gasteiger partial charge in [0.25, 0.3) is 5.91 Å². The Balaban J connectivity index is 1.42. The number of carbonyl (C=O) groups is 2. The van der Waals surface area contributed by atoms with Crippen LogP contribution in [0, 0.1) is 17.5 Å². The Morgan fingerprint density at radius 1 is 1.00 bits per heavy atom. The van der Waals surface area contributed by atoms with Crippen molar-refractivity contribution in [2.24, 2.45) is 0 Å². The number of ether oxygens (including phenoxy) is 1. The Morgan fingerprint density at radius 3 is 2.29 bits per heavy atom.